The molecule has 480 valence electrons. The molecule has 0 aromatic rings. The van der Waals surface area contributed by atoms with Crippen LogP contribution in [0.3, 0.4) is 0 Å². The summed E-state index contributed by atoms with van der Waals surface area (Å²) < 4.78 is 57.0. The second-order valence-corrected chi connectivity index (χ2v) is 57.0. The van der Waals surface area contributed by atoms with Crippen molar-refractivity contribution in [3.63, 3.8) is 0 Å². The van der Waals surface area contributed by atoms with Gasteiger partial charge in [-0.1, -0.05) is 155 Å². The summed E-state index contributed by atoms with van der Waals surface area (Å²) in [6.45, 7) is 73.1. The fraction of sp³-hybridized carbons (Fsp3) is 0.879. The topological polar surface area (TPSA) is 128 Å². The SMILES string of the molecule is C=C1/C=C/[C@H](O[Si](C)(C)C(C)(C)C)[C@@H](C)C(=O)O[C@H](CCCC)[C@H](O[Si](C)(C)C(C)(C)C)CC[C@H](O[Si](C)(C)C(C)(C)C)C[C@H](O[Si](C)(C)C(C)(C)C)CC[C@H]2OC(C)(C)O[C@H](C/C(C)=C/[C@@H](C)[C@@H](O)C[C@@H]1O[Si](C)(C)C(C)(C)C)C2=O. The minimum Gasteiger partial charge on any atom is -0.459 e. The molecule has 0 unspecified atom stereocenters. The van der Waals surface area contributed by atoms with Crippen LogP contribution in [0, 0.1) is 11.8 Å². The highest BCUT2D eigenvalue weighted by Crippen LogP contribution is 2.45. The highest BCUT2D eigenvalue weighted by molar-refractivity contribution is 6.75. The lowest BCUT2D eigenvalue weighted by molar-refractivity contribution is -0.280. The molecule has 0 aromatic carbocycles. The smallest absolute Gasteiger partial charge is 0.311 e. The van der Waals surface area contributed by atoms with Gasteiger partial charge in [0.2, 0.25) is 0 Å². The van der Waals surface area contributed by atoms with E-state index in [1.165, 1.54) is 0 Å². The summed E-state index contributed by atoms with van der Waals surface area (Å²) in [5.41, 5.74) is 1.65. The molecule has 0 spiro atoms. The summed E-state index contributed by atoms with van der Waals surface area (Å²) in [6.07, 6.45) is 7.32. The van der Waals surface area contributed by atoms with E-state index in [9.17, 15) is 9.90 Å². The van der Waals surface area contributed by atoms with E-state index in [-0.39, 0.29) is 55.1 Å². The molecule has 1 fully saturated rings. The number of aliphatic hydroxyl groups excluding tert-OH is 1. The molecule has 0 amide bonds. The van der Waals surface area contributed by atoms with Gasteiger partial charge in [-0.15, -0.1) is 0 Å². The van der Waals surface area contributed by atoms with Crippen LogP contribution < -0.4 is 0 Å². The van der Waals surface area contributed by atoms with Crippen LogP contribution in [-0.4, -0.2) is 119 Å². The number of hydrogen-bond acceptors (Lipinski definition) is 11. The molecule has 2 heterocycles. The van der Waals surface area contributed by atoms with Crippen LogP contribution in [0.25, 0.3) is 0 Å². The number of unbranched alkanes of at least 4 members (excludes halogenated alkanes) is 1. The summed E-state index contributed by atoms with van der Waals surface area (Å²) in [7, 11) is -12.1. The van der Waals surface area contributed by atoms with Crippen LogP contribution in [0.2, 0.25) is 90.7 Å². The Bertz CT molecular complexity index is 2110. The summed E-state index contributed by atoms with van der Waals surface area (Å²) in [6, 6.07) is 0. The lowest BCUT2D eigenvalue weighted by Crippen LogP contribution is -2.52. The van der Waals surface area contributed by atoms with E-state index >= 15 is 4.79 Å². The van der Waals surface area contributed by atoms with Crippen LogP contribution in [0.4, 0.5) is 0 Å². The largest absolute Gasteiger partial charge is 0.459 e. The maximum absolute atomic E-state index is 15.3. The molecular weight excluding hydrogens is 1110 g/mol. The Labute approximate surface area is 510 Å². The summed E-state index contributed by atoms with van der Waals surface area (Å²) in [5, 5.41) is 11.7. The molecule has 0 saturated carbocycles. The minimum absolute atomic E-state index is 0.0695. The van der Waals surface area contributed by atoms with Crippen molar-refractivity contribution in [1.29, 1.82) is 0 Å². The number of carbonyl (C=O) groups is 2. The number of hydrogen-bond donors (Lipinski definition) is 1. The molecule has 1 saturated heterocycles. The number of Topliss-reactive ketones (excluding diaryl/α,β-unsaturated/α-hetero) is 1. The third kappa shape index (κ3) is 22.6. The molecule has 1 N–H and O–H groups in total. The fourth-order valence-corrected chi connectivity index (χ4v) is 16.1. The lowest BCUT2D eigenvalue weighted by Gasteiger charge is -2.44. The average molecular weight is 1240 g/mol. The molecule has 11 atom stereocenters. The zero-order valence-corrected chi connectivity index (χ0v) is 63.9. The lowest BCUT2D eigenvalue weighted by atomic mass is 9.91. The van der Waals surface area contributed by atoms with Crippen molar-refractivity contribution >= 4 is 53.3 Å². The number of carbonyl (C=O) groups excluding carboxylic acids is 2. The molecular formula is C66H130O11Si5. The van der Waals surface area contributed by atoms with Gasteiger partial charge < -0.3 is 41.4 Å². The Balaban J connectivity index is 3.14. The van der Waals surface area contributed by atoms with Gasteiger partial charge in [-0.3, -0.25) is 9.59 Å². The molecule has 11 nitrogen and oxygen atoms in total. The summed E-state index contributed by atoms with van der Waals surface area (Å²) in [4.78, 5) is 30.0. The monoisotopic (exact) mass is 1240 g/mol. The number of rotatable bonds is 13. The molecule has 0 aromatic heterocycles. The molecule has 16 heteroatoms. The van der Waals surface area contributed by atoms with Crippen LogP contribution in [-0.2, 0) is 45.9 Å². The quantitative estimate of drug-likeness (QED) is 0.108. The second-order valence-electron chi connectivity index (χ2n) is 33.3. The molecule has 2 rings (SSSR count). The Hall–Kier alpha value is -0.876. The maximum atomic E-state index is 15.3. The third-order valence-electron chi connectivity index (χ3n) is 20.2. The van der Waals surface area contributed by atoms with Gasteiger partial charge in [-0.2, -0.15) is 0 Å². The number of ether oxygens (including phenoxy) is 3. The highest BCUT2D eigenvalue weighted by Gasteiger charge is 2.48. The Kier molecular flexibility index (Phi) is 27.5. The zero-order valence-electron chi connectivity index (χ0n) is 58.9. The first kappa shape index (κ1) is 77.2. The molecule has 2 aliphatic heterocycles. The van der Waals surface area contributed by atoms with E-state index in [1.54, 1.807) is 0 Å². The first-order valence-electron chi connectivity index (χ1n) is 31.8. The predicted molar refractivity (Wildman–Crippen MR) is 357 cm³/mol. The van der Waals surface area contributed by atoms with Crippen molar-refractivity contribution in [2.45, 2.75) is 361 Å². The van der Waals surface area contributed by atoms with E-state index < -0.39 is 96.0 Å². The van der Waals surface area contributed by atoms with Crippen molar-refractivity contribution in [2.24, 2.45) is 11.8 Å². The van der Waals surface area contributed by atoms with E-state index in [0.717, 1.165) is 18.4 Å². The second kappa shape index (κ2) is 29.2. The standard InChI is InChI=1S/C66H130O11Si5/c1-33-34-35-54-55(76-81(29,30)64(15,16)17)40-37-50(73-78(23,24)61(6,7)8)44-51(74-79(25,26)62(9,10)11)38-41-56-59(68)58(72-66(21,22)71-56)43-46(2)42-48(4)52(67)45-57(77-82(31,32)65(18,19)20)47(3)36-39-53(49(5)60(69)70-54)75-80(27,28)63(12,13)14/h36,39,42,48-58,67H,3,33-35,37-38,40-41,43-45H2,1-2,4-32H3/b39-36+,46-42+/t48-,49-,50+,51-,52+,53+,54-,55-,56-,57+,58-/m1/s1. The van der Waals surface area contributed by atoms with E-state index in [0.29, 0.717) is 56.9 Å². The van der Waals surface area contributed by atoms with E-state index in [1.807, 2.05) is 46.8 Å². The summed E-state index contributed by atoms with van der Waals surface area (Å²) in [5.74, 6) is -2.37. The number of fused-ring (bicyclic) bond motifs is 2. The Morgan fingerprint density at radius 3 is 1.51 bits per heavy atom. The predicted octanol–water partition coefficient (Wildman–Crippen LogP) is 18.6. The van der Waals surface area contributed by atoms with Crippen molar-refractivity contribution in [3.8, 4) is 0 Å². The van der Waals surface area contributed by atoms with Gasteiger partial charge in [0, 0.05) is 31.0 Å². The van der Waals surface area contributed by atoms with Crippen molar-refractivity contribution in [2.75, 3.05) is 0 Å². The Morgan fingerprint density at radius 2 is 1.05 bits per heavy atom. The fourth-order valence-electron chi connectivity index (χ4n) is 9.30. The van der Waals surface area contributed by atoms with Crippen LogP contribution in [0.5, 0.6) is 0 Å². The molecule has 2 aliphatic rings. The first-order chi connectivity index (χ1) is 36.6. The number of aliphatic hydroxyl groups is 1. The normalized spacial score (nSPS) is 30.1. The van der Waals surface area contributed by atoms with Crippen molar-refractivity contribution in [3.05, 3.63) is 36.0 Å². The zero-order chi connectivity index (χ0) is 64.0. The van der Waals surface area contributed by atoms with Crippen LogP contribution >= 0.6 is 0 Å². The molecule has 82 heavy (non-hydrogen) atoms. The highest BCUT2D eigenvalue weighted by atomic mass is 28.4. The van der Waals surface area contributed by atoms with Crippen molar-refractivity contribution in [1.82, 2.24) is 0 Å². The average Bonchev–Trinajstić information content (AvgIpc) is 3.30. The van der Waals surface area contributed by atoms with Crippen LogP contribution in [0.1, 0.15) is 210 Å². The number of ketones is 1. The number of esters is 1. The molecule has 0 aliphatic carbocycles. The van der Waals surface area contributed by atoms with Crippen molar-refractivity contribution < 1.29 is 51.0 Å². The van der Waals surface area contributed by atoms with Gasteiger partial charge in [-0.25, -0.2) is 0 Å². The number of cyclic esters (lactones) is 1. The van der Waals surface area contributed by atoms with Gasteiger partial charge in [0.15, 0.2) is 53.2 Å². The minimum atomic E-state index is -2.49. The van der Waals surface area contributed by atoms with Gasteiger partial charge in [0.05, 0.1) is 30.3 Å². The molecule has 0 radical (unpaired) electrons. The summed E-state index contributed by atoms with van der Waals surface area (Å²) >= 11 is 0. The maximum Gasteiger partial charge on any atom is 0.311 e. The van der Waals surface area contributed by atoms with Gasteiger partial charge in [0.25, 0.3) is 0 Å². The van der Waals surface area contributed by atoms with Crippen LogP contribution in [0.15, 0.2) is 36.0 Å². The van der Waals surface area contributed by atoms with Gasteiger partial charge in [0.1, 0.15) is 18.3 Å². The van der Waals surface area contributed by atoms with Gasteiger partial charge >= 0.3 is 5.97 Å². The van der Waals surface area contributed by atoms with Gasteiger partial charge in [-0.05, 0) is 169 Å². The third-order valence-corrected chi connectivity index (χ3v) is 42.8. The van der Waals surface area contributed by atoms with E-state index in [2.05, 4.69) is 189 Å². The van der Waals surface area contributed by atoms with E-state index in [4.69, 9.17) is 36.3 Å². The Morgan fingerprint density at radius 1 is 0.622 bits per heavy atom. The molecule has 2 bridgehead atoms. The first-order valence-corrected chi connectivity index (χ1v) is 46.4.